The summed E-state index contributed by atoms with van der Waals surface area (Å²) in [6.07, 6.45) is 0.171. The summed E-state index contributed by atoms with van der Waals surface area (Å²) in [4.78, 5) is 56.8. The highest BCUT2D eigenvalue weighted by molar-refractivity contribution is 6.25. The molecular formula is C28H37N5O8. The molecule has 4 rings (SSSR count). The Morgan fingerprint density at radius 3 is 2.27 bits per heavy atom. The van der Waals surface area contributed by atoms with Crippen LogP contribution in [0.2, 0.25) is 0 Å². The molecule has 0 fully saturated rings. The number of ketones is 2. The molecule has 0 aliphatic heterocycles. The van der Waals surface area contributed by atoms with Crippen LogP contribution in [-0.4, -0.2) is 114 Å². The topological polar surface area (TPSA) is 197 Å². The molecule has 2 amide bonds. The van der Waals surface area contributed by atoms with Gasteiger partial charge in [-0.25, -0.2) is 0 Å². The number of rotatable bonds is 7. The molecule has 41 heavy (non-hydrogen) atoms. The lowest BCUT2D eigenvalue weighted by molar-refractivity contribution is -0.148. The van der Waals surface area contributed by atoms with Crippen molar-refractivity contribution in [1.29, 1.82) is 0 Å². The van der Waals surface area contributed by atoms with Crippen molar-refractivity contribution < 1.29 is 39.6 Å². The van der Waals surface area contributed by atoms with Crippen LogP contribution in [-0.2, 0) is 27.3 Å². The molecule has 0 saturated heterocycles. The normalized spacial score (nSPS) is 25.7. The third kappa shape index (κ3) is 4.63. The molecule has 0 unspecified atom stereocenters. The Morgan fingerprint density at radius 1 is 1.10 bits per heavy atom. The fourth-order valence-corrected chi connectivity index (χ4v) is 6.42. The lowest BCUT2D eigenvalue weighted by atomic mass is 9.58. The van der Waals surface area contributed by atoms with Gasteiger partial charge in [-0.2, -0.15) is 0 Å². The van der Waals surface area contributed by atoms with Gasteiger partial charge in [-0.3, -0.25) is 24.1 Å². The maximum Gasteiger partial charge on any atom is 0.255 e. The smallest absolute Gasteiger partial charge is 0.255 e. The van der Waals surface area contributed by atoms with E-state index in [4.69, 9.17) is 5.73 Å². The van der Waals surface area contributed by atoms with Gasteiger partial charge in [0.05, 0.1) is 18.2 Å². The van der Waals surface area contributed by atoms with Crippen LogP contribution in [0.25, 0.3) is 0 Å². The number of amides is 2. The number of hydrogen-bond acceptors (Lipinski definition) is 11. The molecule has 7 N–H and O–H groups in total. The standard InChI is InChI=1S/C28H37N5O8/c1-31(2)11-17(34)30-10-13-9-16(32(3)4)14-7-12-8-15-21(33(5)6)24(37)20(27(29)40)26(39)28(15,41)25(38)18(12)23(36)19(14)22(13)35/h9,12,15,21,35,37-38,41H,7-8,10-11H2,1-6H3,(H2,29,40)(H,30,34)/t12-,15-,21-,28-/m1/s1. The highest BCUT2D eigenvalue weighted by atomic mass is 16.3. The number of nitrogens with zero attached hydrogens (tertiary/aromatic N) is 3. The maximum absolute atomic E-state index is 14.0. The second kappa shape index (κ2) is 10.5. The Labute approximate surface area is 237 Å². The zero-order valence-electron chi connectivity index (χ0n) is 24.0. The Morgan fingerprint density at radius 2 is 1.73 bits per heavy atom. The van der Waals surface area contributed by atoms with Crippen molar-refractivity contribution in [3.63, 3.8) is 0 Å². The number of aromatic hydroxyl groups is 1. The monoisotopic (exact) mass is 571 g/mol. The van der Waals surface area contributed by atoms with Gasteiger partial charge < -0.3 is 41.3 Å². The number of aliphatic hydroxyl groups excluding tert-OH is 2. The summed E-state index contributed by atoms with van der Waals surface area (Å²) in [6, 6.07) is 0.626. The van der Waals surface area contributed by atoms with Crippen LogP contribution in [0.4, 0.5) is 5.69 Å². The summed E-state index contributed by atoms with van der Waals surface area (Å²) in [7, 11) is 10.2. The van der Waals surface area contributed by atoms with Gasteiger partial charge in [-0.1, -0.05) is 0 Å². The van der Waals surface area contributed by atoms with E-state index in [0.717, 1.165) is 0 Å². The average molecular weight is 572 g/mol. The van der Waals surface area contributed by atoms with Crippen LogP contribution in [0.1, 0.15) is 27.9 Å². The molecule has 0 bridgehead atoms. The Bertz CT molecular complexity index is 1410. The predicted octanol–water partition coefficient (Wildman–Crippen LogP) is -0.636. The molecule has 1 aromatic carbocycles. The first-order chi connectivity index (χ1) is 19.0. The SMILES string of the molecule is CN(C)CC(=O)NCc1cc(N(C)C)c2c(c1O)C(=O)C1=C(O)[C@@]3(O)C(=O)C(C(N)=O)=C(O)[C@H](N(C)C)[C@H]3C[C@H]1C2. The minimum absolute atomic E-state index is 0.00172. The van der Waals surface area contributed by atoms with E-state index in [-0.39, 0.29) is 54.3 Å². The highest BCUT2D eigenvalue weighted by Gasteiger charge is 2.63. The van der Waals surface area contributed by atoms with E-state index in [2.05, 4.69) is 5.32 Å². The van der Waals surface area contributed by atoms with E-state index in [1.54, 1.807) is 58.2 Å². The van der Waals surface area contributed by atoms with Gasteiger partial charge in [0.2, 0.25) is 11.7 Å². The number of nitrogens with two attached hydrogens (primary N) is 1. The molecular weight excluding hydrogens is 534 g/mol. The molecule has 222 valence electrons. The van der Waals surface area contributed by atoms with Crippen molar-refractivity contribution in [2.75, 3.05) is 53.7 Å². The largest absolute Gasteiger partial charge is 0.510 e. The summed E-state index contributed by atoms with van der Waals surface area (Å²) in [5.41, 5.74) is 2.87. The van der Waals surface area contributed by atoms with Crippen LogP contribution in [0.15, 0.2) is 28.7 Å². The van der Waals surface area contributed by atoms with E-state index in [0.29, 0.717) is 11.3 Å². The third-order valence-electron chi connectivity index (χ3n) is 8.20. The number of primary amides is 1. The van der Waals surface area contributed by atoms with Gasteiger partial charge in [0.1, 0.15) is 22.8 Å². The average Bonchev–Trinajstić information content (AvgIpc) is 2.84. The first kappa shape index (κ1) is 30.0. The van der Waals surface area contributed by atoms with Crippen LogP contribution in [0, 0.1) is 11.8 Å². The van der Waals surface area contributed by atoms with E-state index in [1.807, 2.05) is 0 Å². The second-order valence-electron chi connectivity index (χ2n) is 11.6. The number of nitrogens with one attached hydrogen (secondary N) is 1. The fraction of sp³-hybridized carbons (Fsp3) is 0.500. The number of likely N-dealkylation sites (N-methyl/N-ethyl adjacent to an activating group) is 2. The Balaban J connectivity index is 1.88. The number of allylic oxidation sites excluding steroid dienone is 1. The minimum atomic E-state index is -2.71. The van der Waals surface area contributed by atoms with Gasteiger partial charge in [0, 0.05) is 43.4 Å². The number of carbonyl (C=O) groups excluding carboxylic acids is 4. The summed E-state index contributed by atoms with van der Waals surface area (Å²) < 4.78 is 0. The number of Topliss-reactive ketones (excluding diaryl/α,β-unsaturated/α-hetero) is 2. The van der Waals surface area contributed by atoms with E-state index < -0.39 is 58.0 Å². The molecule has 13 heteroatoms. The molecule has 3 aliphatic carbocycles. The van der Waals surface area contributed by atoms with Gasteiger partial charge in [0.25, 0.3) is 5.91 Å². The first-order valence-corrected chi connectivity index (χ1v) is 13.1. The van der Waals surface area contributed by atoms with Crippen LogP contribution in [0.5, 0.6) is 5.75 Å². The number of phenols is 1. The molecule has 0 spiro atoms. The first-order valence-electron chi connectivity index (χ1n) is 13.1. The maximum atomic E-state index is 14.0. The van der Waals surface area contributed by atoms with Crippen molar-refractivity contribution in [3.05, 3.63) is 45.4 Å². The van der Waals surface area contributed by atoms with Crippen LogP contribution >= 0.6 is 0 Å². The fourth-order valence-electron chi connectivity index (χ4n) is 6.42. The summed E-state index contributed by atoms with van der Waals surface area (Å²) >= 11 is 0. The number of benzene rings is 1. The molecule has 4 atom stereocenters. The summed E-state index contributed by atoms with van der Waals surface area (Å²) in [6.45, 7) is 0.0437. The van der Waals surface area contributed by atoms with Crippen molar-refractivity contribution in [2.45, 2.75) is 31.0 Å². The summed E-state index contributed by atoms with van der Waals surface area (Å²) in [5.74, 6) is -7.34. The number of aliphatic hydroxyl groups is 3. The molecule has 1 aromatic rings. The Hall–Kier alpha value is -3.94. The molecule has 0 radical (unpaired) electrons. The second-order valence-corrected chi connectivity index (χ2v) is 11.6. The molecule has 0 saturated carbocycles. The number of phenolic OH excluding ortho intramolecular Hbond substituents is 1. The quantitative estimate of drug-likeness (QED) is 0.228. The third-order valence-corrected chi connectivity index (χ3v) is 8.20. The van der Waals surface area contributed by atoms with Crippen molar-refractivity contribution >= 4 is 29.1 Å². The number of fused-ring (bicyclic) bond motifs is 3. The molecule has 3 aliphatic rings. The zero-order valence-corrected chi connectivity index (χ0v) is 24.0. The van der Waals surface area contributed by atoms with Crippen LogP contribution < -0.4 is 16.0 Å². The van der Waals surface area contributed by atoms with Gasteiger partial charge in [-0.15, -0.1) is 0 Å². The molecule has 0 aromatic heterocycles. The van der Waals surface area contributed by atoms with E-state index in [9.17, 15) is 39.6 Å². The van der Waals surface area contributed by atoms with Gasteiger partial charge in [0.15, 0.2) is 11.4 Å². The van der Waals surface area contributed by atoms with E-state index in [1.165, 1.54) is 4.90 Å². The lowest BCUT2D eigenvalue weighted by Crippen LogP contribution is -2.63. The minimum Gasteiger partial charge on any atom is -0.510 e. The summed E-state index contributed by atoms with van der Waals surface area (Å²) in [5, 5.41) is 48.1. The predicted molar refractivity (Wildman–Crippen MR) is 148 cm³/mol. The van der Waals surface area contributed by atoms with E-state index >= 15 is 0 Å². The number of carbonyl (C=O) groups is 4. The van der Waals surface area contributed by atoms with Crippen LogP contribution in [0.3, 0.4) is 0 Å². The molecule has 0 heterocycles. The van der Waals surface area contributed by atoms with Crippen molar-refractivity contribution in [3.8, 4) is 5.75 Å². The molecule has 13 nitrogen and oxygen atoms in total. The van der Waals surface area contributed by atoms with Gasteiger partial charge >= 0.3 is 0 Å². The van der Waals surface area contributed by atoms with Crippen molar-refractivity contribution in [2.24, 2.45) is 17.6 Å². The number of anilines is 1. The van der Waals surface area contributed by atoms with Crippen molar-refractivity contribution in [1.82, 2.24) is 15.1 Å². The lowest BCUT2D eigenvalue weighted by Gasteiger charge is -2.50. The van der Waals surface area contributed by atoms with Gasteiger partial charge in [-0.05, 0) is 58.6 Å². The number of hydrogen-bond donors (Lipinski definition) is 6. The Kier molecular flexibility index (Phi) is 7.67. The highest BCUT2D eigenvalue weighted by Crippen LogP contribution is 2.53. The zero-order chi connectivity index (χ0) is 30.7.